The van der Waals surface area contributed by atoms with Gasteiger partial charge in [-0.1, -0.05) is 20.8 Å². The van der Waals surface area contributed by atoms with Crippen LogP contribution in [0.15, 0.2) is 0 Å². The van der Waals surface area contributed by atoms with E-state index in [0.717, 1.165) is 6.42 Å². The Morgan fingerprint density at radius 1 is 1.24 bits per heavy atom. The third-order valence-corrected chi connectivity index (χ3v) is 2.21. The molecule has 0 aliphatic rings. The number of nitrogens with two attached hydrogens (primary N) is 1. The van der Waals surface area contributed by atoms with Gasteiger partial charge in [-0.15, -0.1) is 0 Å². The first-order valence-corrected chi connectivity index (χ1v) is 6.18. The average molecular weight is 244 g/mol. The van der Waals surface area contributed by atoms with E-state index < -0.39 is 6.04 Å². The number of hydrogen-bond donors (Lipinski definition) is 2. The van der Waals surface area contributed by atoms with Gasteiger partial charge >= 0.3 is 0 Å². The van der Waals surface area contributed by atoms with Gasteiger partial charge in [-0.2, -0.15) is 0 Å². The Hall–Kier alpha value is -0.610. The second-order valence-corrected chi connectivity index (χ2v) is 6.63. The van der Waals surface area contributed by atoms with Crippen molar-refractivity contribution in [3.05, 3.63) is 0 Å². The molecule has 0 aromatic heterocycles. The summed E-state index contributed by atoms with van der Waals surface area (Å²) in [6, 6.07) is -0.589. The van der Waals surface area contributed by atoms with Crippen LogP contribution in [0.3, 0.4) is 0 Å². The van der Waals surface area contributed by atoms with Gasteiger partial charge in [0.2, 0.25) is 5.91 Å². The van der Waals surface area contributed by atoms with Crippen molar-refractivity contribution in [3.63, 3.8) is 0 Å². The van der Waals surface area contributed by atoms with E-state index in [2.05, 4.69) is 26.1 Å². The fraction of sp³-hybridized carbons (Fsp3) is 0.923. The molecule has 0 saturated heterocycles. The highest BCUT2D eigenvalue weighted by atomic mass is 16.5. The molecule has 0 spiro atoms. The van der Waals surface area contributed by atoms with Crippen molar-refractivity contribution < 1.29 is 9.53 Å². The average Bonchev–Trinajstić information content (AvgIpc) is 2.10. The third kappa shape index (κ3) is 10.3. The first-order valence-electron chi connectivity index (χ1n) is 6.18. The van der Waals surface area contributed by atoms with E-state index in [1.807, 2.05) is 20.8 Å². The van der Waals surface area contributed by atoms with Crippen LogP contribution in [0.2, 0.25) is 0 Å². The molecule has 0 saturated carbocycles. The smallest absolute Gasteiger partial charge is 0.239 e. The fourth-order valence-electron chi connectivity index (χ4n) is 1.11. The zero-order valence-electron chi connectivity index (χ0n) is 12.1. The van der Waals surface area contributed by atoms with E-state index in [9.17, 15) is 4.79 Å². The summed E-state index contributed by atoms with van der Waals surface area (Å²) < 4.78 is 5.47. The van der Waals surface area contributed by atoms with Gasteiger partial charge in [0.25, 0.3) is 0 Å². The fourth-order valence-corrected chi connectivity index (χ4v) is 1.11. The number of ether oxygens (including phenoxy) is 1. The molecule has 4 heteroatoms. The standard InChI is InChI=1S/C13H28N2O2/c1-12(2,3)7-8-15-11(16)10(14)9-17-13(4,5)6/h10H,7-9,14H2,1-6H3,(H,15,16)/t10-/m0/s1. The minimum atomic E-state index is -0.589. The predicted molar refractivity (Wildman–Crippen MR) is 70.8 cm³/mol. The zero-order chi connectivity index (χ0) is 13.7. The molecule has 1 atom stereocenters. The van der Waals surface area contributed by atoms with Crippen LogP contribution in [0.5, 0.6) is 0 Å². The molecular weight excluding hydrogens is 216 g/mol. The van der Waals surface area contributed by atoms with Crippen LogP contribution < -0.4 is 11.1 Å². The lowest BCUT2D eigenvalue weighted by atomic mass is 9.92. The molecule has 17 heavy (non-hydrogen) atoms. The Bertz CT molecular complexity index is 239. The Balaban J connectivity index is 3.83. The first-order chi connectivity index (χ1) is 7.51. The summed E-state index contributed by atoms with van der Waals surface area (Å²) in [5.41, 5.74) is 5.70. The molecule has 4 nitrogen and oxygen atoms in total. The van der Waals surface area contributed by atoms with Crippen molar-refractivity contribution in [2.75, 3.05) is 13.2 Å². The molecule has 102 valence electrons. The molecule has 0 heterocycles. The topological polar surface area (TPSA) is 64.4 Å². The molecule has 0 aromatic rings. The molecule has 0 bridgehead atoms. The molecule has 1 amide bonds. The summed E-state index contributed by atoms with van der Waals surface area (Å²) in [6.45, 7) is 13.2. The quantitative estimate of drug-likeness (QED) is 0.773. The lowest BCUT2D eigenvalue weighted by molar-refractivity contribution is -0.125. The van der Waals surface area contributed by atoms with Crippen molar-refractivity contribution in [3.8, 4) is 0 Å². The summed E-state index contributed by atoms with van der Waals surface area (Å²) >= 11 is 0. The number of rotatable bonds is 5. The monoisotopic (exact) mass is 244 g/mol. The molecule has 0 aliphatic carbocycles. The van der Waals surface area contributed by atoms with E-state index in [-0.39, 0.29) is 23.5 Å². The van der Waals surface area contributed by atoms with E-state index in [0.29, 0.717) is 6.54 Å². The van der Waals surface area contributed by atoms with Gasteiger partial charge in [-0.05, 0) is 32.6 Å². The molecule has 0 unspecified atom stereocenters. The van der Waals surface area contributed by atoms with Gasteiger partial charge in [0.05, 0.1) is 12.2 Å². The maximum atomic E-state index is 11.6. The lowest BCUT2D eigenvalue weighted by Crippen LogP contribution is -2.45. The number of amides is 1. The minimum absolute atomic E-state index is 0.140. The van der Waals surface area contributed by atoms with E-state index in [1.165, 1.54) is 0 Å². The first kappa shape index (κ1) is 16.4. The highest BCUT2D eigenvalue weighted by molar-refractivity contribution is 5.81. The summed E-state index contributed by atoms with van der Waals surface area (Å²) in [6.07, 6.45) is 0.936. The van der Waals surface area contributed by atoms with Gasteiger partial charge in [0.1, 0.15) is 6.04 Å². The number of carbonyl (C=O) groups excluding carboxylic acids is 1. The van der Waals surface area contributed by atoms with Crippen LogP contribution in [-0.2, 0) is 9.53 Å². The van der Waals surface area contributed by atoms with Gasteiger partial charge < -0.3 is 15.8 Å². The van der Waals surface area contributed by atoms with Gasteiger partial charge in [0, 0.05) is 6.54 Å². The predicted octanol–water partition coefficient (Wildman–Crippen LogP) is 1.68. The summed E-state index contributed by atoms with van der Waals surface area (Å²) in [5.74, 6) is -0.140. The second kappa shape index (κ2) is 6.36. The maximum absolute atomic E-state index is 11.6. The highest BCUT2D eigenvalue weighted by Gasteiger charge is 2.18. The maximum Gasteiger partial charge on any atom is 0.239 e. The van der Waals surface area contributed by atoms with Crippen LogP contribution in [-0.4, -0.2) is 30.7 Å². The highest BCUT2D eigenvalue weighted by Crippen LogP contribution is 2.16. The van der Waals surface area contributed by atoms with Crippen molar-refractivity contribution in [1.82, 2.24) is 5.32 Å². The van der Waals surface area contributed by atoms with E-state index >= 15 is 0 Å². The van der Waals surface area contributed by atoms with Crippen molar-refractivity contribution in [1.29, 1.82) is 0 Å². The zero-order valence-corrected chi connectivity index (χ0v) is 12.1. The normalized spacial score (nSPS) is 14.5. The Morgan fingerprint density at radius 2 is 1.76 bits per heavy atom. The van der Waals surface area contributed by atoms with Gasteiger partial charge in [0.15, 0.2) is 0 Å². The van der Waals surface area contributed by atoms with Crippen LogP contribution in [0.1, 0.15) is 48.0 Å². The molecule has 0 radical (unpaired) electrons. The summed E-state index contributed by atoms with van der Waals surface area (Å²) in [7, 11) is 0. The van der Waals surface area contributed by atoms with Crippen molar-refractivity contribution >= 4 is 5.91 Å². The van der Waals surface area contributed by atoms with E-state index in [1.54, 1.807) is 0 Å². The molecular formula is C13H28N2O2. The number of hydrogen-bond acceptors (Lipinski definition) is 3. The molecule has 0 rings (SSSR count). The number of nitrogens with one attached hydrogen (secondary N) is 1. The molecule has 0 aromatic carbocycles. The van der Waals surface area contributed by atoms with E-state index in [4.69, 9.17) is 10.5 Å². The van der Waals surface area contributed by atoms with Crippen LogP contribution in [0, 0.1) is 5.41 Å². The van der Waals surface area contributed by atoms with Crippen LogP contribution in [0.25, 0.3) is 0 Å². The number of carbonyl (C=O) groups is 1. The van der Waals surface area contributed by atoms with Gasteiger partial charge in [-0.3, -0.25) is 4.79 Å². The SMILES string of the molecule is CC(C)(C)CCNC(=O)[C@@H](N)COC(C)(C)C. The molecule has 0 aliphatic heterocycles. The minimum Gasteiger partial charge on any atom is -0.374 e. The lowest BCUT2D eigenvalue weighted by Gasteiger charge is -2.23. The summed E-state index contributed by atoms with van der Waals surface area (Å²) in [5, 5.41) is 2.83. The van der Waals surface area contributed by atoms with Crippen molar-refractivity contribution in [2.24, 2.45) is 11.1 Å². The van der Waals surface area contributed by atoms with Crippen LogP contribution >= 0.6 is 0 Å². The largest absolute Gasteiger partial charge is 0.374 e. The second-order valence-electron chi connectivity index (χ2n) is 6.63. The summed E-state index contributed by atoms with van der Waals surface area (Å²) in [4.78, 5) is 11.6. The molecule has 3 N–H and O–H groups in total. The van der Waals surface area contributed by atoms with Crippen molar-refractivity contribution in [2.45, 2.75) is 59.6 Å². The Morgan fingerprint density at radius 3 is 2.18 bits per heavy atom. The molecule has 0 fully saturated rings. The Labute approximate surface area is 105 Å². The Kier molecular flexibility index (Phi) is 6.13. The third-order valence-electron chi connectivity index (χ3n) is 2.21. The van der Waals surface area contributed by atoms with Crippen LogP contribution in [0.4, 0.5) is 0 Å². The van der Waals surface area contributed by atoms with Gasteiger partial charge in [-0.25, -0.2) is 0 Å².